The van der Waals surface area contributed by atoms with Gasteiger partial charge in [-0.15, -0.1) is 0 Å². The summed E-state index contributed by atoms with van der Waals surface area (Å²) in [7, 11) is 0. The molecule has 1 aromatic carbocycles. The first kappa shape index (κ1) is 18.7. The number of rotatable bonds is 3. The van der Waals surface area contributed by atoms with Crippen molar-refractivity contribution >= 4 is 23.6 Å². The van der Waals surface area contributed by atoms with E-state index < -0.39 is 5.91 Å². The molecule has 0 aliphatic carbocycles. The van der Waals surface area contributed by atoms with Gasteiger partial charge in [-0.2, -0.15) is 10.4 Å². The first-order chi connectivity index (χ1) is 12.8. The molecule has 3 rings (SSSR count). The Hall–Kier alpha value is -3.10. The summed E-state index contributed by atoms with van der Waals surface area (Å²) in [5.74, 6) is -0.435. The average Bonchev–Trinajstić information content (AvgIpc) is 3.10. The summed E-state index contributed by atoms with van der Waals surface area (Å²) in [6, 6.07) is 13.3. The molecule has 0 N–H and O–H groups in total. The van der Waals surface area contributed by atoms with Crippen LogP contribution in [0.25, 0.3) is 11.8 Å². The monoisotopic (exact) mass is 378 g/mol. The number of nitrogens with zero attached hydrogens (tertiary/aromatic N) is 4. The predicted molar refractivity (Wildman–Crippen MR) is 106 cm³/mol. The number of allylic oxidation sites excluding steroid dienone is 1. The second-order valence-corrected chi connectivity index (χ2v) is 6.89. The lowest BCUT2D eigenvalue weighted by Gasteiger charge is -2.10. The van der Waals surface area contributed by atoms with E-state index in [0.717, 1.165) is 28.3 Å². The van der Waals surface area contributed by atoms with Crippen LogP contribution in [0.3, 0.4) is 0 Å². The van der Waals surface area contributed by atoms with Crippen LogP contribution in [0.15, 0.2) is 42.0 Å². The highest BCUT2D eigenvalue weighted by Gasteiger charge is 2.17. The Morgan fingerprint density at radius 3 is 2.48 bits per heavy atom. The van der Waals surface area contributed by atoms with Gasteiger partial charge in [0.1, 0.15) is 11.6 Å². The van der Waals surface area contributed by atoms with E-state index in [0.29, 0.717) is 10.7 Å². The summed E-state index contributed by atoms with van der Waals surface area (Å²) in [5, 5.41) is 14.4. The van der Waals surface area contributed by atoms with E-state index in [-0.39, 0.29) is 5.57 Å². The molecule has 3 aromatic rings. The van der Waals surface area contributed by atoms with Crippen LogP contribution in [0.2, 0.25) is 5.02 Å². The van der Waals surface area contributed by atoms with Crippen LogP contribution >= 0.6 is 11.6 Å². The van der Waals surface area contributed by atoms with E-state index in [1.54, 1.807) is 19.1 Å². The highest BCUT2D eigenvalue weighted by Crippen LogP contribution is 2.24. The molecular weight excluding hydrogens is 360 g/mol. The molecule has 0 bridgehead atoms. The van der Waals surface area contributed by atoms with Gasteiger partial charge in [0.2, 0.25) is 0 Å². The van der Waals surface area contributed by atoms with E-state index in [4.69, 9.17) is 11.6 Å². The number of aryl methyl sites for hydroxylation is 3. The van der Waals surface area contributed by atoms with Crippen LogP contribution in [-0.4, -0.2) is 20.3 Å². The predicted octanol–water partition coefficient (Wildman–Crippen LogP) is 4.81. The lowest BCUT2D eigenvalue weighted by atomic mass is 10.1. The van der Waals surface area contributed by atoms with Crippen molar-refractivity contribution < 1.29 is 4.79 Å². The van der Waals surface area contributed by atoms with Gasteiger partial charge in [-0.3, -0.25) is 4.79 Å². The molecule has 136 valence electrons. The number of aromatic nitrogens is 3. The fourth-order valence-corrected chi connectivity index (χ4v) is 3.38. The van der Waals surface area contributed by atoms with Crippen LogP contribution in [0.4, 0.5) is 0 Å². The number of hydrogen-bond acceptors (Lipinski definition) is 3. The lowest BCUT2D eigenvalue weighted by Crippen LogP contribution is -2.15. The van der Waals surface area contributed by atoms with Gasteiger partial charge in [0.15, 0.2) is 0 Å². The Morgan fingerprint density at radius 1 is 1.15 bits per heavy atom. The molecule has 0 radical (unpaired) electrons. The standard InChI is InChI=1S/C21H19ClN4O/c1-13-8-15(3)26(24-13)21(27)18(12-23)10-17-9-14(2)25(16(17)4)20-7-5-6-19(22)11-20/h5-11H,1-4H3/b18-10+. The van der Waals surface area contributed by atoms with Crippen LogP contribution in [-0.2, 0) is 0 Å². The molecule has 0 unspecified atom stereocenters. The maximum Gasteiger partial charge on any atom is 0.289 e. The third kappa shape index (κ3) is 3.57. The summed E-state index contributed by atoms with van der Waals surface area (Å²) in [5.41, 5.74) is 5.10. The third-order valence-electron chi connectivity index (χ3n) is 4.39. The highest BCUT2D eigenvalue weighted by atomic mass is 35.5. The maximum absolute atomic E-state index is 12.7. The highest BCUT2D eigenvalue weighted by molar-refractivity contribution is 6.30. The van der Waals surface area contributed by atoms with E-state index in [1.807, 2.05) is 61.7 Å². The first-order valence-electron chi connectivity index (χ1n) is 8.46. The van der Waals surface area contributed by atoms with Crippen molar-refractivity contribution in [3.63, 3.8) is 0 Å². The van der Waals surface area contributed by atoms with Crippen LogP contribution in [0.5, 0.6) is 0 Å². The van der Waals surface area contributed by atoms with Crippen molar-refractivity contribution in [2.24, 2.45) is 0 Å². The Morgan fingerprint density at radius 2 is 1.89 bits per heavy atom. The van der Waals surface area contributed by atoms with Crippen molar-refractivity contribution in [2.75, 3.05) is 0 Å². The lowest BCUT2D eigenvalue weighted by molar-refractivity contribution is 0.0944. The van der Waals surface area contributed by atoms with E-state index in [9.17, 15) is 10.1 Å². The Kier molecular flexibility index (Phi) is 5.02. The SMILES string of the molecule is Cc1cc(C)n(C(=O)/C(C#N)=C/c2cc(C)n(-c3cccc(Cl)c3)c2C)n1. The number of carbonyl (C=O) groups excluding carboxylic acids is 1. The molecule has 0 saturated heterocycles. The van der Waals surface area contributed by atoms with Gasteiger partial charge in [-0.1, -0.05) is 17.7 Å². The van der Waals surface area contributed by atoms with Crippen molar-refractivity contribution in [3.05, 3.63) is 75.3 Å². The number of carbonyl (C=O) groups is 1. The second-order valence-electron chi connectivity index (χ2n) is 6.46. The van der Waals surface area contributed by atoms with Gasteiger partial charge in [0, 0.05) is 27.8 Å². The number of halogens is 1. The number of benzene rings is 1. The zero-order valence-electron chi connectivity index (χ0n) is 15.6. The fraction of sp³-hybridized carbons (Fsp3) is 0.190. The first-order valence-corrected chi connectivity index (χ1v) is 8.84. The van der Waals surface area contributed by atoms with E-state index >= 15 is 0 Å². The zero-order chi connectivity index (χ0) is 19.7. The van der Waals surface area contributed by atoms with Gasteiger partial charge >= 0.3 is 0 Å². The molecule has 2 aromatic heterocycles. The van der Waals surface area contributed by atoms with Crippen LogP contribution in [0.1, 0.15) is 33.1 Å². The fourth-order valence-electron chi connectivity index (χ4n) is 3.19. The molecule has 0 spiro atoms. The minimum atomic E-state index is -0.435. The molecule has 0 atom stereocenters. The smallest absolute Gasteiger partial charge is 0.289 e. The molecule has 0 aliphatic heterocycles. The minimum Gasteiger partial charge on any atom is -0.318 e. The molecule has 0 saturated carbocycles. The van der Waals surface area contributed by atoms with Gasteiger partial charge in [-0.05, 0) is 69.7 Å². The molecule has 27 heavy (non-hydrogen) atoms. The Labute approximate surface area is 163 Å². The Balaban J connectivity index is 2.06. The quantitative estimate of drug-likeness (QED) is 0.485. The third-order valence-corrected chi connectivity index (χ3v) is 4.62. The molecule has 0 fully saturated rings. The second kappa shape index (κ2) is 7.26. The number of nitriles is 1. The average molecular weight is 379 g/mol. The molecule has 2 heterocycles. The zero-order valence-corrected chi connectivity index (χ0v) is 16.4. The molecule has 0 amide bonds. The van der Waals surface area contributed by atoms with Crippen molar-refractivity contribution in [1.29, 1.82) is 5.26 Å². The van der Waals surface area contributed by atoms with Gasteiger partial charge < -0.3 is 4.57 Å². The van der Waals surface area contributed by atoms with Crippen molar-refractivity contribution in [3.8, 4) is 11.8 Å². The van der Waals surface area contributed by atoms with E-state index in [2.05, 4.69) is 5.10 Å². The topological polar surface area (TPSA) is 63.6 Å². The maximum atomic E-state index is 12.7. The van der Waals surface area contributed by atoms with Gasteiger partial charge in [-0.25, -0.2) is 4.68 Å². The summed E-state index contributed by atoms with van der Waals surface area (Å²) in [6.45, 7) is 7.52. The summed E-state index contributed by atoms with van der Waals surface area (Å²) >= 11 is 6.12. The van der Waals surface area contributed by atoms with E-state index in [1.165, 1.54) is 4.68 Å². The van der Waals surface area contributed by atoms with Crippen molar-refractivity contribution in [1.82, 2.24) is 14.3 Å². The summed E-state index contributed by atoms with van der Waals surface area (Å²) in [4.78, 5) is 12.7. The molecule has 0 aliphatic rings. The number of hydrogen-bond donors (Lipinski definition) is 0. The van der Waals surface area contributed by atoms with Crippen molar-refractivity contribution in [2.45, 2.75) is 27.7 Å². The summed E-state index contributed by atoms with van der Waals surface area (Å²) < 4.78 is 3.31. The normalized spacial score (nSPS) is 11.5. The molecule has 6 heteroatoms. The molecular formula is C21H19ClN4O. The van der Waals surface area contributed by atoms with Gasteiger partial charge in [0.25, 0.3) is 5.91 Å². The molecule has 5 nitrogen and oxygen atoms in total. The Bertz CT molecular complexity index is 1110. The minimum absolute atomic E-state index is 0.0348. The summed E-state index contributed by atoms with van der Waals surface area (Å²) in [6.07, 6.45) is 1.61. The largest absolute Gasteiger partial charge is 0.318 e. The van der Waals surface area contributed by atoms with Gasteiger partial charge in [0.05, 0.1) is 5.69 Å². The van der Waals surface area contributed by atoms with Crippen LogP contribution < -0.4 is 0 Å². The van der Waals surface area contributed by atoms with Crippen LogP contribution in [0, 0.1) is 39.0 Å².